The zero-order valence-electron chi connectivity index (χ0n) is 12.4. The Hall–Kier alpha value is -0.0800. The fourth-order valence-electron chi connectivity index (χ4n) is 3.78. The predicted molar refractivity (Wildman–Crippen MR) is 79.3 cm³/mol. The average molecular weight is 265 g/mol. The first-order valence-electron chi connectivity index (χ1n) is 8.74. The van der Waals surface area contributed by atoms with Crippen molar-refractivity contribution in [3.8, 4) is 0 Å². The van der Waals surface area contributed by atoms with Crippen molar-refractivity contribution < 1.29 is 4.74 Å². The normalized spacial score (nSPS) is 33.5. The SMILES string of the molecule is C1CCC(NC2CCC(COCC3CC3)CC2)CC1. The van der Waals surface area contributed by atoms with E-state index in [1.807, 2.05) is 0 Å². The Kier molecular flexibility index (Phi) is 5.17. The quantitative estimate of drug-likeness (QED) is 0.786. The van der Waals surface area contributed by atoms with Crippen LogP contribution < -0.4 is 5.32 Å². The Balaban J connectivity index is 1.27. The van der Waals surface area contributed by atoms with E-state index in [1.54, 1.807) is 0 Å². The molecule has 0 radical (unpaired) electrons. The summed E-state index contributed by atoms with van der Waals surface area (Å²) in [6.07, 6.45) is 15.6. The molecule has 0 aromatic carbocycles. The van der Waals surface area contributed by atoms with Gasteiger partial charge in [0.25, 0.3) is 0 Å². The molecule has 1 N–H and O–H groups in total. The highest BCUT2D eigenvalue weighted by molar-refractivity contribution is 4.82. The summed E-state index contributed by atoms with van der Waals surface area (Å²) in [5.74, 6) is 1.77. The lowest BCUT2D eigenvalue weighted by Crippen LogP contribution is -2.41. The third-order valence-electron chi connectivity index (χ3n) is 5.33. The smallest absolute Gasteiger partial charge is 0.0494 e. The van der Waals surface area contributed by atoms with Crippen molar-refractivity contribution in [1.82, 2.24) is 5.32 Å². The molecule has 3 rings (SSSR count). The zero-order chi connectivity index (χ0) is 12.9. The summed E-state index contributed by atoms with van der Waals surface area (Å²) in [4.78, 5) is 0. The first-order chi connectivity index (χ1) is 9.40. The van der Waals surface area contributed by atoms with Gasteiger partial charge < -0.3 is 10.1 Å². The van der Waals surface area contributed by atoms with Gasteiger partial charge in [-0.05, 0) is 63.2 Å². The Morgan fingerprint density at radius 2 is 1.16 bits per heavy atom. The molecule has 0 aromatic rings. The largest absolute Gasteiger partial charge is 0.381 e. The van der Waals surface area contributed by atoms with Gasteiger partial charge in [-0.15, -0.1) is 0 Å². The van der Waals surface area contributed by atoms with E-state index in [-0.39, 0.29) is 0 Å². The minimum atomic E-state index is 0.808. The van der Waals surface area contributed by atoms with Crippen molar-refractivity contribution in [2.75, 3.05) is 13.2 Å². The van der Waals surface area contributed by atoms with Crippen molar-refractivity contribution in [3.05, 3.63) is 0 Å². The molecule has 0 spiro atoms. The lowest BCUT2D eigenvalue weighted by Gasteiger charge is -2.33. The molecule has 0 aromatic heterocycles. The molecule has 0 aliphatic heterocycles. The van der Waals surface area contributed by atoms with Crippen LogP contribution in [0, 0.1) is 11.8 Å². The standard InChI is InChI=1S/C17H31NO/c1-2-4-16(5-3-1)18-17-10-8-15(9-11-17)13-19-12-14-6-7-14/h14-18H,1-13H2. The van der Waals surface area contributed by atoms with E-state index in [4.69, 9.17) is 4.74 Å². The monoisotopic (exact) mass is 265 g/mol. The molecular weight excluding hydrogens is 234 g/mol. The summed E-state index contributed by atoms with van der Waals surface area (Å²) in [5.41, 5.74) is 0. The van der Waals surface area contributed by atoms with Crippen LogP contribution in [0.4, 0.5) is 0 Å². The van der Waals surface area contributed by atoms with Crippen molar-refractivity contribution in [3.63, 3.8) is 0 Å². The van der Waals surface area contributed by atoms with Crippen LogP contribution in [0.1, 0.15) is 70.6 Å². The molecule has 19 heavy (non-hydrogen) atoms. The minimum Gasteiger partial charge on any atom is -0.381 e. The molecule has 0 saturated heterocycles. The molecule has 0 heterocycles. The molecule has 3 saturated carbocycles. The Morgan fingerprint density at radius 1 is 0.632 bits per heavy atom. The predicted octanol–water partition coefficient (Wildman–Crippen LogP) is 3.89. The maximum Gasteiger partial charge on any atom is 0.0494 e. The molecule has 0 atom stereocenters. The second kappa shape index (κ2) is 7.08. The summed E-state index contributed by atoms with van der Waals surface area (Å²) >= 11 is 0. The van der Waals surface area contributed by atoms with Gasteiger partial charge in [0.2, 0.25) is 0 Å². The summed E-state index contributed by atoms with van der Waals surface area (Å²) in [5, 5.41) is 3.92. The highest BCUT2D eigenvalue weighted by Crippen LogP contribution is 2.30. The fourth-order valence-corrected chi connectivity index (χ4v) is 3.78. The van der Waals surface area contributed by atoms with Gasteiger partial charge in [0.1, 0.15) is 0 Å². The average Bonchev–Trinajstić information content (AvgIpc) is 3.26. The number of nitrogens with one attached hydrogen (secondary N) is 1. The van der Waals surface area contributed by atoms with Crippen molar-refractivity contribution >= 4 is 0 Å². The van der Waals surface area contributed by atoms with Crippen LogP contribution in [0.25, 0.3) is 0 Å². The molecule has 2 heteroatoms. The molecule has 2 nitrogen and oxygen atoms in total. The molecule has 0 bridgehead atoms. The van der Waals surface area contributed by atoms with Gasteiger partial charge in [-0.3, -0.25) is 0 Å². The van der Waals surface area contributed by atoms with E-state index in [1.165, 1.54) is 70.6 Å². The maximum absolute atomic E-state index is 5.86. The van der Waals surface area contributed by atoms with Gasteiger partial charge in [0, 0.05) is 25.3 Å². The molecular formula is C17H31NO. The summed E-state index contributed by atoms with van der Waals surface area (Å²) < 4.78 is 5.86. The summed E-state index contributed by atoms with van der Waals surface area (Å²) in [6, 6.07) is 1.64. The van der Waals surface area contributed by atoms with Gasteiger partial charge in [0.15, 0.2) is 0 Å². The summed E-state index contributed by atoms with van der Waals surface area (Å²) in [6.45, 7) is 2.08. The first-order valence-corrected chi connectivity index (χ1v) is 8.74. The van der Waals surface area contributed by atoms with E-state index in [9.17, 15) is 0 Å². The fraction of sp³-hybridized carbons (Fsp3) is 1.00. The van der Waals surface area contributed by atoms with Crippen LogP contribution in [-0.2, 0) is 4.74 Å². The van der Waals surface area contributed by atoms with Crippen molar-refractivity contribution in [2.45, 2.75) is 82.7 Å². The van der Waals surface area contributed by atoms with Crippen molar-refractivity contribution in [2.24, 2.45) is 11.8 Å². The Morgan fingerprint density at radius 3 is 1.74 bits per heavy atom. The molecule has 110 valence electrons. The van der Waals surface area contributed by atoms with Crippen LogP contribution in [0.5, 0.6) is 0 Å². The van der Waals surface area contributed by atoms with Crippen LogP contribution in [-0.4, -0.2) is 25.3 Å². The minimum absolute atomic E-state index is 0.808. The second-order valence-electron chi connectivity index (χ2n) is 7.20. The first kappa shape index (κ1) is 13.9. The van der Waals surface area contributed by atoms with Crippen LogP contribution in [0.15, 0.2) is 0 Å². The van der Waals surface area contributed by atoms with E-state index in [2.05, 4.69) is 5.32 Å². The molecule has 3 aliphatic rings. The third kappa shape index (κ3) is 4.75. The van der Waals surface area contributed by atoms with Gasteiger partial charge in [-0.1, -0.05) is 19.3 Å². The van der Waals surface area contributed by atoms with Crippen LogP contribution >= 0.6 is 0 Å². The topological polar surface area (TPSA) is 21.3 Å². The van der Waals surface area contributed by atoms with E-state index < -0.39 is 0 Å². The number of hydrogen-bond acceptors (Lipinski definition) is 2. The molecule has 0 amide bonds. The van der Waals surface area contributed by atoms with Gasteiger partial charge in [0.05, 0.1) is 0 Å². The van der Waals surface area contributed by atoms with Crippen molar-refractivity contribution in [1.29, 1.82) is 0 Å². The maximum atomic E-state index is 5.86. The van der Waals surface area contributed by atoms with E-state index in [0.29, 0.717) is 0 Å². The van der Waals surface area contributed by atoms with Crippen LogP contribution in [0.3, 0.4) is 0 Å². The Labute approximate surface area is 118 Å². The molecule has 3 fully saturated rings. The number of hydrogen-bond donors (Lipinski definition) is 1. The highest BCUT2D eigenvalue weighted by atomic mass is 16.5. The molecule has 0 unspecified atom stereocenters. The van der Waals surface area contributed by atoms with Gasteiger partial charge >= 0.3 is 0 Å². The lowest BCUT2D eigenvalue weighted by molar-refractivity contribution is 0.0729. The highest BCUT2D eigenvalue weighted by Gasteiger charge is 2.25. The third-order valence-corrected chi connectivity index (χ3v) is 5.33. The summed E-state index contributed by atoms with van der Waals surface area (Å²) in [7, 11) is 0. The number of ether oxygens (including phenoxy) is 1. The Bertz CT molecular complexity index is 250. The van der Waals surface area contributed by atoms with E-state index >= 15 is 0 Å². The van der Waals surface area contributed by atoms with E-state index in [0.717, 1.165) is 37.1 Å². The zero-order valence-corrected chi connectivity index (χ0v) is 12.4. The van der Waals surface area contributed by atoms with Crippen LogP contribution in [0.2, 0.25) is 0 Å². The lowest BCUT2D eigenvalue weighted by atomic mass is 9.85. The molecule has 3 aliphatic carbocycles. The second-order valence-corrected chi connectivity index (χ2v) is 7.20. The number of rotatable bonds is 6. The van der Waals surface area contributed by atoms with Gasteiger partial charge in [-0.2, -0.15) is 0 Å². The van der Waals surface area contributed by atoms with Gasteiger partial charge in [-0.25, -0.2) is 0 Å².